The molecule has 1 heterocycles. The molecule has 4 heteroatoms. The quantitative estimate of drug-likeness (QED) is 0.412. The number of hydrogen-bond donors (Lipinski definition) is 0. The summed E-state index contributed by atoms with van der Waals surface area (Å²) in [7, 11) is 1.30. The molecular formula is C6H8O3S. The van der Waals surface area contributed by atoms with Crippen LogP contribution in [0.2, 0.25) is 0 Å². The number of carbonyl (C=O) groups is 2. The number of ether oxygens (including phenoxy) is 1. The lowest BCUT2D eigenvalue weighted by Gasteiger charge is -2.01. The molecule has 1 aliphatic rings. The van der Waals surface area contributed by atoms with Gasteiger partial charge in [0.25, 0.3) is 0 Å². The maximum Gasteiger partial charge on any atom is 0.317 e. The highest BCUT2D eigenvalue weighted by atomic mass is 32.2. The fraction of sp³-hybridized carbons (Fsp3) is 0.667. The van der Waals surface area contributed by atoms with Crippen molar-refractivity contribution in [2.24, 2.45) is 5.92 Å². The molecule has 10 heavy (non-hydrogen) atoms. The summed E-state index contributed by atoms with van der Waals surface area (Å²) in [5.41, 5.74) is 0. The fourth-order valence-electron chi connectivity index (χ4n) is 0.852. The second-order valence-electron chi connectivity index (χ2n) is 2.03. The highest BCUT2D eigenvalue weighted by Crippen LogP contribution is 2.25. The molecule has 1 unspecified atom stereocenters. The number of carbonyl (C=O) groups excluding carboxylic acids is 2. The molecule has 3 nitrogen and oxygen atoms in total. The van der Waals surface area contributed by atoms with Crippen molar-refractivity contribution in [3.8, 4) is 0 Å². The van der Waals surface area contributed by atoms with Gasteiger partial charge in [-0.3, -0.25) is 9.59 Å². The molecule has 0 spiro atoms. The highest BCUT2D eigenvalue weighted by Gasteiger charge is 2.32. The smallest absolute Gasteiger partial charge is 0.317 e. The summed E-state index contributed by atoms with van der Waals surface area (Å²) in [4.78, 5) is 21.6. The van der Waals surface area contributed by atoms with Gasteiger partial charge in [0.2, 0.25) is 5.12 Å². The molecule has 0 bridgehead atoms. The van der Waals surface area contributed by atoms with E-state index in [0.717, 1.165) is 5.75 Å². The Bertz CT molecular complexity index is 166. The molecule has 0 N–H and O–H groups in total. The zero-order valence-electron chi connectivity index (χ0n) is 5.62. The molecule has 0 radical (unpaired) electrons. The summed E-state index contributed by atoms with van der Waals surface area (Å²) in [5.74, 6) is -0.136. The maximum atomic E-state index is 10.8. The first-order valence-electron chi connectivity index (χ1n) is 3.00. The monoisotopic (exact) mass is 160 g/mol. The molecule has 0 saturated carbocycles. The van der Waals surface area contributed by atoms with Gasteiger partial charge in [-0.15, -0.1) is 0 Å². The van der Waals surface area contributed by atoms with E-state index in [2.05, 4.69) is 4.74 Å². The Morgan fingerprint density at radius 1 is 1.80 bits per heavy atom. The molecule has 56 valence electrons. The third kappa shape index (κ3) is 1.31. The van der Waals surface area contributed by atoms with Crippen LogP contribution in [0, 0.1) is 5.92 Å². The van der Waals surface area contributed by atoms with Crippen LogP contribution < -0.4 is 0 Å². The third-order valence-electron chi connectivity index (χ3n) is 1.42. The van der Waals surface area contributed by atoms with Gasteiger partial charge in [-0.2, -0.15) is 0 Å². The van der Waals surface area contributed by atoms with Gasteiger partial charge < -0.3 is 4.74 Å². The largest absolute Gasteiger partial charge is 0.468 e. The predicted molar refractivity (Wildman–Crippen MR) is 37.6 cm³/mol. The molecule has 0 aliphatic carbocycles. The highest BCUT2D eigenvalue weighted by molar-refractivity contribution is 8.14. The van der Waals surface area contributed by atoms with E-state index in [1.54, 1.807) is 0 Å². The summed E-state index contributed by atoms with van der Waals surface area (Å²) in [6.45, 7) is 0. The van der Waals surface area contributed by atoms with Gasteiger partial charge in [-0.1, -0.05) is 11.8 Å². The average molecular weight is 160 g/mol. The van der Waals surface area contributed by atoms with Crippen LogP contribution in [0.5, 0.6) is 0 Å². The van der Waals surface area contributed by atoms with E-state index in [4.69, 9.17) is 0 Å². The Hall–Kier alpha value is -0.510. The van der Waals surface area contributed by atoms with Gasteiger partial charge in [0.15, 0.2) is 0 Å². The SMILES string of the molecule is COC(=O)C1CCSC1=O. The lowest BCUT2D eigenvalue weighted by Crippen LogP contribution is -2.18. The van der Waals surface area contributed by atoms with E-state index >= 15 is 0 Å². The fourth-order valence-corrected chi connectivity index (χ4v) is 1.82. The lowest BCUT2D eigenvalue weighted by molar-refractivity contribution is -0.147. The van der Waals surface area contributed by atoms with Gasteiger partial charge in [-0.25, -0.2) is 0 Å². The van der Waals surface area contributed by atoms with Gasteiger partial charge in [0, 0.05) is 5.75 Å². The second kappa shape index (κ2) is 3.05. The number of esters is 1. The van der Waals surface area contributed by atoms with Crippen molar-refractivity contribution in [2.45, 2.75) is 6.42 Å². The first-order valence-corrected chi connectivity index (χ1v) is 3.98. The average Bonchev–Trinajstić information content (AvgIpc) is 2.34. The summed E-state index contributed by atoms with van der Waals surface area (Å²) in [5, 5.41) is -0.0492. The van der Waals surface area contributed by atoms with Gasteiger partial charge in [0.05, 0.1) is 7.11 Å². The van der Waals surface area contributed by atoms with Crippen LogP contribution in [0.4, 0.5) is 0 Å². The van der Waals surface area contributed by atoms with E-state index in [9.17, 15) is 9.59 Å². The van der Waals surface area contributed by atoms with Crippen molar-refractivity contribution in [1.82, 2.24) is 0 Å². The van der Waals surface area contributed by atoms with E-state index in [1.807, 2.05) is 0 Å². The number of methoxy groups -OCH3 is 1. The van der Waals surface area contributed by atoms with Gasteiger partial charge in [-0.05, 0) is 6.42 Å². The van der Waals surface area contributed by atoms with Crippen molar-refractivity contribution >= 4 is 22.8 Å². The molecule has 1 fully saturated rings. The summed E-state index contributed by atoms with van der Waals surface area (Å²) >= 11 is 1.21. The maximum absolute atomic E-state index is 10.8. The van der Waals surface area contributed by atoms with Crippen molar-refractivity contribution in [2.75, 3.05) is 12.9 Å². The van der Waals surface area contributed by atoms with Crippen LogP contribution in [0.1, 0.15) is 6.42 Å². The zero-order chi connectivity index (χ0) is 7.56. The number of rotatable bonds is 1. The molecule has 1 atom stereocenters. The van der Waals surface area contributed by atoms with E-state index < -0.39 is 11.9 Å². The van der Waals surface area contributed by atoms with Crippen molar-refractivity contribution in [3.05, 3.63) is 0 Å². The van der Waals surface area contributed by atoms with Crippen LogP contribution in [0.25, 0.3) is 0 Å². The Kier molecular flexibility index (Phi) is 2.32. The van der Waals surface area contributed by atoms with Crippen molar-refractivity contribution in [1.29, 1.82) is 0 Å². The second-order valence-corrected chi connectivity index (χ2v) is 3.13. The van der Waals surface area contributed by atoms with Gasteiger partial charge in [0.1, 0.15) is 5.92 Å². The number of thioether (sulfide) groups is 1. The Morgan fingerprint density at radius 2 is 2.50 bits per heavy atom. The summed E-state index contributed by atoms with van der Waals surface area (Å²) in [6, 6.07) is 0. The van der Waals surface area contributed by atoms with Crippen LogP contribution in [0.3, 0.4) is 0 Å². The van der Waals surface area contributed by atoms with Crippen LogP contribution in [-0.4, -0.2) is 23.9 Å². The molecule has 0 aromatic rings. The Labute approximate surface area is 63.1 Å². The van der Waals surface area contributed by atoms with Crippen LogP contribution in [-0.2, 0) is 14.3 Å². The third-order valence-corrected chi connectivity index (χ3v) is 2.43. The molecule has 1 aliphatic heterocycles. The predicted octanol–water partition coefficient (Wildman–Crippen LogP) is 0.439. The summed E-state index contributed by atoms with van der Waals surface area (Å²) < 4.78 is 4.43. The zero-order valence-corrected chi connectivity index (χ0v) is 6.44. The van der Waals surface area contributed by atoms with Crippen molar-refractivity contribution < 1.29 is 14.3 Å². The first kappa shape index (κ1) is 7.60. The minimum atomic E-state index is -0.491. The topological polar surface area (TPSA) is 43.4 Å². The van der Waals surface area contributed by atoms with Crippen LogP contribution in [0.15, 0.2) is 0 Å². The number of hydrogen-bond acceptors (Lipinski definition) is 4. The normalized spacial score (nSPS) is 24.9. The molecule has 0 amide bonds. The van der Waals surface area contributed by atoms with E-state index in [1.165, 1.54) is 18.9 Å². The van der Waals surface area contributed by atoms with Gasteiger partial charge >= 0.3 is 5.97 Å². The Morgan fingerprint density at radius 3 is 2.90 bits per heavy atom. The molecule has 0 aromatic carbocycles. The first-order chi connectivity index (χ1) is 4.75. The van der Waals surface area contributed by atoms with Crippen molar-refractivity contribution in [3.63, 3.8) is 0 Å². The van der Waals surface area contributed by atoms with E-state index in [-0.39, 0.29) is 5.12 Å². The minimum Gasteiger partial charge on any atom is -0.468 e. The van der Waals surface area contributed by atoms with Crippen LogP contribution >= 0.6 is 11.8 Å². The Balaban J connectivity index is 2.55. The standard InChI is InChI=1S/C6H8O3S/c1-9-5(7)4-2-3-10-6(4)8/h4H,2-3H2,1H3. The molecular weight excluding hydrogens is 152 g/mol. The molecule has 1 rings (SSSR count). The molecule has 1 saturated heterocycles. The lowest BCUT2D eigenvalue weighted by atomic mass is 10.1. The summed E-state index contributed by atoms with van der Waals surface area (Å²) in [6.07, 6.45) is 0.635. The molecule has 0 aromatic heterocycles. The minimum absolute atomic E-state index is 0.0492. The van der Waals surface area contributed by atoms with E-state index in [0.29, 0.717) is 6.42 Å².